The topological polar surface area (TPSA) is 95.8 Å². The van der Waals surface area contributed by atoms with Crippen molar-refractivity contribution in [2.45, 2.75) is 13.3 Å². The zero-order valence-electron chi connectivity index (χ0n) is 11.9. The van der Waals surface area contributed by atoms with Gasteiger partial charge in [-0.15, -0.1) is 0 Å². The van der Waals surface area contributed by atoms with Gasteiger partial charge in [-0.3, -0.25) is 0 Å². The summed E-state index contributed by atoms with van der Waals surface area (Å²) in [6, 6.07) is 9.35. The van der Waals surface area contributed by atoms with E-state index < -0.39 is 0 Å². The van der Waals surface area contributed by atoms with Gasteiger partial charge in [0.15, 0.2) is 0 Å². The molecule has 108 valence electrons. The Labute approximate surface area is 123 Å². The Hall–Kier alpha value is -2.88. The minimum atomic E-state index is 0.271. The number of rotatable bonds is 6. The molecule has 0 amide bonds. The quantitative estimate of drug-likeness (QED) is 0.840. The Bertz CT molecular complexity index is 635. The van der Waals surface area contributed by atoms with Gasteiger partial charge in [0.05, 0.1) is 18.2 Å². The first-order valence-electron chi connectivity index (χ1n) is 6.59. The maximum Gasteiger partial charge on any atom is 0.323 e. The van der Waals surface area contributed by atoms with E-state index >= 15 is 0 Å². The second-order valence-electron chi connectivity index (χ2n) is 4.18. The van der Waals surface area contributed by atoms with Gasteiger partial charge in [-0.05, 0) is 30.7 Å². The van der Waals surface area contributed by atoms with Crippen molar-refractivity contribution in [2.24, 2.45) is 0 Å². The SMILES string of the molecule is CCCOc1nc(NC)nc(Nc2ccc(C#N)cc2)n1. The molecule has 21 heavy (non-hydrogen) atoms. The summed E-state index contributed by atoms with van der Waals surface area (Å²) in [7, 11) is 1.73. The molecule has 0 spiro atoms. The maximum atomic E-state index is 8.78. The van der Waals surface area contributed by atoms with Crippen LogP contribution in [0.15, 0.2) is 24.3 Å². The molecule has 7 heteroatoms. The molecule has 0 aliphatic carbocycles. The number of nitrogens with one attached hydrogen (secondary N) is 2. The number of aromatic nitrogens is 3. The van der Waals surface area contributed by atoms with E-state index in [1.165, 1.54) is 0 Å². The van der Waals surface area contributed by atoms with E-state index in [1.54, 1.807) is 31.3 Å². The monoisotopic (exact) mass is 284 g/mol. The van der Waals surface area contributed by atoms with Gasteiger partial charge in [-0.2, -0.15) is 20.2 Å². The first-order chi connectivity index (χ1) is 10.2. The normalized spacial score (nSPS) is 9.76. The number of ether oxygens (including phenoxy) is 1. The lowest BCUT2D eigenvalue weighted by molar-refractivity contribution is 0.292. The molecule has 0 aliphatic rings. The number of hydrogen-bond donors (Lipinski definition) is 2. The predicted octanol–water partition coefficient (Wildman–Crippen LogP) is 2.32. The summed E-state index contributed by atoms with van der Waals surface area (Å²) in [5, 5.41) is 14.7. The highest BCUT2D eigenvalue weighted by Crippen LogP contribution is 2.17. The van der Waals surface area contributed by atoms with Crippen LogP contribution in [0.1, 0.15) is 18.9 Å². The first-order valence-corrected chi connectivity index (χ1v) is 6.59. The fraction of sp³-hybridized carbons (Fsp3) is 0.286. The van der Waals surface area contributed by atoms with Crippen LogP contribution in [-0.4, -0.2) is 28.6 Å². The van der Waals surface area contributed by atoms with E-state index in [9.17, 15) is 0 Å². The highest BCUT2D eigenvalue weighted by atomic mass is 16.5. The largest absolute Gasteiger partial charge is 0.463 e. The van der Waals surface area contributed by atoms with E-state index in [1.807, 2.05) is 6.92 Å². The van der Waals surface area contributed by atoms with Crippen LogP contribution >= 0.6 is 0 Å². The van der Waals surface area contributed by atoms with E-state index in [0.29, 0.717) is 24.1 Å². The Morgan fingerprint density at radius 3 is 2.48 bits per heavy atom. The van der Waals surface area contributed by atoms with Crippen LogP contribution < -0.4 is 15.4 Å². The Morgan fingerprint density at radius 1 is 1.14 bits per heavy atom. The summed E-state index contributed by atoms with van der Waals surface area (Å²) >= 11 is 0. The summed E-state index contributed by atoms with van der Waals surface area (Å²) in [4.78, 5) is 12.5. The van der Waals surface area contributed by atoms with Crippen LogP contribution in [0, 0.1) is 11.3 Å². The van der Waals surface area contributed by atoms with Crippen LogP contribution in [0.3, 0.4) is 0 Å². The highest BCUT2D eigenvalue weighted by molar-refractivity contribution is 5.55. The molecule has 0 aliphatic heterocycles. The number of nitriles is 1. The van der Waals surface area contributed by atoms with Crippen LogP contribution in [0.25, 0.3) is 0 Å². The maximum absolute atomic E-state index is 8.78. The fourth-order valence-electron chi connectivity index (χ4n) is 1.54. The van der Waals surface area contributed by atoms with Gasteiger partial charge in [0, 0.05) is 12.7 Å². The number of hydrogen-bond acceptors (Lipinski definition) is 7. The molecule has 0 bridgehead atoms. The van der Waals surface area contributed by atoms with Gasteiger partial charge < -0.3 is 15.4 Å². The summed E-state index contributed by atoms with van der Waals surface area (Å²) < 4.78 is 5.43. The Balaban J connectivity index is 2.19. The average Bonchev–Trinajstić information content (AvgIpc) is 2.53. The molecule has 2 rings (SSSR count). The average molecular weight is 284 g/mol. The predicted molar refractivity (Wildman–Crippen MR) is 79.6 cm³/mol. The van der Waals surface area contributed by atoms with Crippen molar-refractivity contribution >= 4 is 17.6 Å². The van der Waals surface area contributed by atoms with Crippen LogP contribution in [-0.2, 0) is 0 Å². The molecule has 0 saturated heterocycles. The van der Waals surface area contributed by atoms with Crippen LogP contribution in [0.4, 0.5) is 17.6 Å². The summed E-state index contributed by atoms with van der Waals surface area (Å²) in [5.74, 6) is 0.803. The summed E-state index contributed by atoms with van der Waals surface area (Å²) in [6.45, 7) is 2.56. The van der Waals surface area contributed by atoms with Crippen LogP contribution in [0.2, 0.25) is 0 Å². The Morgan fingerprint density at radius 2 is 1.86 bits per heavy atom. The van der Waals surface area contributed by atoms with E-state index in [0.717, 1.165) is 12.1 Å². The minimum absolute atomic E-state index is 0.271. The minimum Gasteiger partial charge on any atom is -0.463 e. The van der Waals surface area contributed by atoms with Gasteiger partial charge in [-0.25, -0.2) is 0 Å². The lowest BCUT2D eigenvalue weighted by Gasteiger charge is -2.09. The van der Waals surface area contributed by atoms with Crippen molar-refractivity contribution in [1.29, 1.82) is 5.26 Å². The molecule has 1 aromatic heterocycles. The highest BCUT2D eigenvalue weighted by Gasteiger charge is 2.07. The summed E-state index contributed by atoms with van der Waals surface area (Å²) in [6.07, 6.45) is 0.874. The molecule has 0 fully saturated rings. The lowest BCUT2D eigenvalue weighted by Crippen LogP contribution is -2.07. The molecular weight excluding hydrogens is 268 g/mol. The third-order valence-corrected chi connectivity index (χ3v) is 2.54. The van der Waals surface area contributed by atoms with Gasteiger partial charge in [0.1, 0.15) is 0 Å². The van der Waals surface area contributed by atoms with Gasteiger partial charge in [0.2, 0.25) is 11.9 Å². The fourth-order valence-corrected chi connectivity index (χ4v) is 1.54. The molecule has 1 aromatic carbocycles. The van der Waals surface area contributed by atoms with Gasteiger partial charge in [-0.1, -0.05) is 6.92 Å². The second-order valence-corrected chi connectivity index (χ2v) is 4.18. The molecule has 0 unspecified atom stereocenters. The molecule has 2 N–H and O–H groups in total. The molecule has 0 saturated carbocycles. The summed E-state index contributed by atoms with van der Waals surface area (Å²) in [5.41, 5.74) is 1.38. The first kappa shape index (κ1) is 14.5. The number of nitrogens with zero attached hydrogens (tertiary/aromatic N) is 4. The molecule has 0 radical (unpaired) electrons. The molecule has 0 atom stereocenters. The van der Waals surface area contributed by atoms with Crippen molar-refractivity contribution < 1.29 is 4.74 Å². The molecule has 2 aromatic rings. The van der Waals surface area contributed by atoms with Crippen molar-refractivity contribution in [1.82, 2.24) is 15.0 Å². The van der Waals surface area contributed by atoms with Gasteiger partial charge in [0.25, 0.3) is 0 Å². The molecule has 7 nitrogen and oxygen atoms in total. The van der Waals surface area contributed by atoms with Crippen LogP contribution in [0.5, 0.6) is 6.01 Å². The zero-order chi connectivity index (χ0) is 15.1. The third-order valence-electron chi connectivity index (χ3n) is 2.54. The van der Waals surface area contributed by atoms with E-state index in [2.05, 4.69) is 31.7 Å². The molecule has 1 heterocycles. The van der Waals surface area contributed by atoms with Crippen molar-refractivity contribution in [3.63, 3.8) is 0 Å². The van der Waals surface area contributed by atoms with E-state index in [4.69, 9.17) is 10.00 Å². The third kappa shape index (κ3) is 4.04. The zero-order valence-corrected chi connectivity index (χ0v) is 11.9. The van der Waals surface area contributed by atoms with Crippen molar-refractivity contribution in [3.8, 4) is 12.1 Å². The Kier molecular flexibility index (Phi) is 4.88. The van der Waals surface area contributed by atoms with Crippen molar-refractivity contribution in [3.05, 3.63) is 29.8 Å². The smallest absolute Gasteiger partial charge is 0.323 e. The second kappa shape index (κ2) is 7.05. The number of anilines is 3. The van der Waals surface area contributed by atoms with E-state index in [-0.39, 0.29) is 6.01 Å². The molecular formula is C14H16N6O. The standard InChI is InChI=1S/C14H16N6O/c1-3-8-21-14-19-12(16-2)18-13(20-14)17-11-6-4-10(9-15)5-7-11/h4-7H,3,8H2,1-2H3,(H2,16,17,18,19,20). The van der Waals surface area contributed by atoms with Gasteiger partial charge >= 0.3 is 6.01 Å². The number of benzene rings is 1. The van der Waals surface area contributed by atoms with Crippen molar-refractivity contribution in [2.75, 3.05) is 24.3 Å². The lowest BCUT2D eigenvalue weighted by atomic mass is 10.2.